The van der Waals surface area contributed by atoms with Gasteiger partial charge in [0.25, 0.3) is 0 Å². The highest BCUT2D eigenvalue weighted by Gasteiger charge is 2.17. The van der Waals surface area contributed by atoms with E-state index < -0.39 is 0 Å². The summed E-state index contributed by atoms with van der Waals surface area (Å²) < 4.78 is 5.22. The largest absolute Gasteiger partial charge is 0.497 e. The van der Waals surface area contributed by atoms with Gasteiger partial charge < -0.3 is 9.64 Å². The molecule has 0 spiro atoms. The number of aromatic nitrogens is 1. The van der Waals surface area contributed by atoms with Crippen LogP contribution in [0.25, 0.3) is 10.9 Å². The van der Waals surface area contributed by atoms with Crippen molar-refractivity contribution in [3.63, 3.8) is 0 Å². The number of ether oxygens (including phenoxy) is 1. The third-order valence-electron chi connectivity index (χ3n) is 3.53. The Morgan fingerprint density at radius 3 is 2.63 bits per heavy atom. The minimum atomic E-state index is 0.346. The molecule has 0 N–H and O–H groups in total. The van der Waals surface area contributed by atoms with E-state index >= 15 is 0 Å². The molecule has 98 valence electrons. The van der Waals surface area contributed by atoms with Gasteiger partial charge in [0.05, 0.1) is 12.6 Å². The number of rotatable bonds is 2. The number of carbonyl (C=O) groups excluding carboxylic acids is 1. The molecule has 0 amide bonds. The number of piperidine rings is 1. The van der Waals surface area contributed by atoms with E-state index in [2.05, 4.69) is 16.0 Å². The van der Waals surface area contributed by atoms with Crippen molar-refractivity contribution in [3.05, 3.63) is 30.3 Å². The molecule has 1 aliphatic rings. The first-order valence-electron chi connectivity index (χ1n) is 6.48. The third kappa shape index (κ3) is 2.38. The lowest BCUT2D eigenvalue weighted by Crippen LogP contribution is -2.34. The molecular formula is C15H16N2O2. The topological polar surface area (TPSA) is 42.4 Å². The first-order valence-corrected chi connectivity index (χ1v) is 6.48. The van der Waals surface area contributed by atoms with Gasteiger partial charge in [0, 0.05) is 37.4 Å². The second-order valence-electron chi connectivity index (χ2n) is 4.75. The summed E-state index contributed by atoms with van der Waals surface area (Å²) in [6, 6.07) is 9.96. The van der Waals surface area contributed by atoms with Crippen LogP contribution in [0.2, 0.25) is 0 Å². The summed E-state index contributed by atoms with van der Waals surface area (Å²) in [7, 11) is 1.65. The van der Waals surface area contributed by atoms with Crippen molar-refractivity contribution < 1.29 is 9.53 Å². The summed E-state index contributed by atoms with van der Waals surface area (Å²) in [6.07, 6.45) is 1.25. The second kappa shape index (κ2) is 4.88. The van der Waals surface area contributed by atoms with Crippen molar-refractivity contribution in [2.45, 2.75) is 12.8 Å². The highest BCUT2D eigenvalue weighted by molar-refractivity contribution is 5.83. The fourth-order valence-electron chi connectivity index (χ4n) is 2.37. The molecule has 0 unspecified atom stereocenters. The van der Waals surface area contributed by atoms with Crippen LogP contribution in [0, 0.1) is 0 Å². The van der Waals surface area contributed by atoms with E-state index in [1.807, 2.05) is 24.3 Å². The lowest BCUT2D eigenvalue weighted by atomic mass is 10.1. The molecule has 19 heavy (non-hydrogen) atoms. The normalized spacial score (nSPS) is 15.8. The number of benzene rings is 1. The number of ketones is 1. The summed E-state index contributed by atoms with van der Waals surface area (Å²) in [5.74, 6) is 2.10. The zero-order chi connectivity index (χ0) is 13.2. The quantitative estimate of drug-likeness (QED) is 0.827. The van der Waals surface area contributed by atoms with Crippen molar-refractivity contribution in [2.24, 2.45) is 0 Å². The molecule has 3 rings (SSSR count). The molecule has 0 atom stereocenters. The maximum Gasteiger partial charge on any atom is 0.136 e. The van der Waals surface area contributed by atoms with E-state index in [1.165, 1.54) is 0 Å². The Balaban J connectivity index is 1.93. The van der Waals surface area contributed by atoms with E-state index in [4.69, 9.17) is 4.74 Å². The smallest absolute Gasteiger partial charge is 0.136 e. The zero-order valence-electron chi connectivity index (χ0n) is 10.9. The number of nitrogens with zero attached hydrogens (tertiary/aromatic N) is 2. The van der Waals surface area contributed by atoms with Gasteiger partial charge in [0.2, 0.25) is 0 Å². The lowest BCUT2D eigenvalue weighted by molar-refractivity contribution is -0.119. The van der Waals surface area contributed by atoms with Crippen LogP contribution in [0.5, 0.6) is 5.75 Å². The van der Waals surface area contributed by atoms with Gasteiger partial charge in [-0.1, -0.05) is 0 Å². The SMILES string of the molecule is COc1ccc2ccc(N3CCC(=O)CC3)nc2c1. The molecule has 1 aliphatic heterocycles. The number of fused-ring (bicyclic) bond motifs is 1. The van der Waals surface area contributed by atoms with Crippen molar-refractivity contribution >= 4 is 22.5 Å². The van der Waals surface area contributed by atoms with Crippen LogP contribution in [0.3, 0.4) is 0 Å². The average molecular weight is 256 g/mol. The van der Waals surface area contributed by atoms with E-state index in [9.17, 15) is 4.79 Å². The van der Waals surface area contributed by atoms with Crippen LogP contribution in [0.15, 0.2) is 30.3 Å². The summed E-state index contributed by atoms with van der Waals surface area (Å²) in [4.78, 5) is 18.1. The van der Waals surface area contributed by atoms with E-state index in [0.717, 1.165) is 35.6 Å². The number of Topliss-reactive ketones (excluding diaryl/α,β-unsaturated/α-hetero) is 1. The molecule has 1 fully saturated rings. The van der Waals surface area contributed by atoms with E-state index in [-0.39, 0.29) is 0 Å². The molecule has 0 bridgehead atoms. The van der Waals surface area contributed by atoms with E-state index in [0.29, 0.717) is 18.6 Å². The predicted molar refractivity (Wildman–Crippen MR) is 74.7 cm³/mol. The first-order chi connectivity index (χ1) is 9.26. The van der Waals surface area contributed by atoms with Gasteiger partial charge >= 0.3 is 0 Å². The highest BCUT2D eigenvalue weighted by Crippen LogP contribution is 2.23. The summed E-state index contributed by atoms with van der Waals surface area (Å²) in [5.41, 5.74) is 0.925. The zero-order valence-corrected chi connectivity index (χ0v) is 10.9. The Labute approximate surface area is 112 Å². The van der Waals surface area contributed by atoms with Crippen molar-refractivity contribution in [2.75, 3.05) is 25.1 Å². The predicted octanol–water partition coefficient (Wildman–Crippen LogP) is 2.41. The van der Waals surface area contributed by atoms with Crippen molar-refractivity contribution in [3.8, 4) is 5.75 Å². The molecule has 4 nitrogen and oxygen atoms in total. The van der Waals surface area contributed by atoms with Crippen LogP contribution >= 0.6 is 0 Å². The van der Waals surface area contributed by atoms with Crippen molar-refractivity contribution in [1.29, 1.82) is 0 Å². The second-order valence-corrected chi connectivity index (χ2v) is 4.75. The van der Waals surface area contributed by atoms with Gasteiger partial charge in [0.15, 0.2) is 0 Å². The maximum atomic E-state index is 11.3. The fraction of sp³-hybridized carbons (Fsp3) is 0.333. The van der Waals surface area contributed by atoms with Crippen LogP contribution < -0.4 is 9.64 Å². The Morgan fingerprint density at radius 2 is 1.89 bits per heavy atom. The molecule has 0 saturated carbocycles. The Bertz CT molecular complexity index is 615. The van der Waals surface area contributed by atoms with Crippen molar-refractivity contribution in [1.82, 2.24) is 4.98 Å². The van der Waals surface area contributed by atoms with Crippen LogP contribution in [0.4, 0.5) is 5.82 Å². The van der Waals surface area contributed by atoms with Crippen LogP contribution in [-0.4, -0.2) is 31.0 Å². The van der Waals surface area contributed by atoms with Gasteiger partial charge in [-0.2, -0.15) is 0 Å². The fourth-order valence-corrected chi connectivity index (χ4v) is 2.37. The standard InChI is InChI=1S/C15H16N2O2/c1-19-13-4-2-11-3-5-15(16-14(11)10-13)17-8-6-12(18)7-9-17/h2-5,10H,6-9H2,1H3. The number of hydrogen-bond donors (Lipinski definition) is 0. The molecular weight excluding hydrogens is 240 g/mol. The van der Waals surface area contributed by atoms with E-state index in [1.54, 1.807) is 7.11 Å². The lowest BCUT2D eigenvalue weighted by Gasteiger charge is -2.27. The Hall–Kier alpha value is -2.10. The molecule has 0 radical (unpaired) electrons. The monoisotopic (exact) mass is 256 g/mol. The number of methoxy groups -OCH3 is 1. The average Bonchev–Trinajstić information content (AvgIpc) is 2.47. The van der Waals surface area contributed by atoms with Crippen LogP contribution in [-0.2, 0) is 4.79 Å². The molecule has 4 heteroatoms. The van der Waals surface area contributed by atoms with Gasteiger partial charge in [-0.15, -0.1) is 0 Å². The Kier molecular flexibility index (Phi) is 3.07. The molecule has 1 saturated heterocycles. The third-order valence-corrected chi connectivity index (χ3v) is 3.53. The Morgan fingerprint density at radius 1 is 1.16 bits per heavy atom. The minimum absolute atomic E-state index is 0.346. The molecule has 1 aromatic heterocycles. The molecule has 2 heterocycles. The molecule has 2 aromatic rings. The first kappa shape index (κ1) is 12.0. The summed E-state index contributed by atoms with van der Waals surface area (Å²) >= 11 is 0. The highest BCUT2D eigenvalue weighted by atomic mass is 16.5. The van der Waals surface area contributed by atoms with Crippen LogP contribution in [0.1, 0.15) is 12.8 Å². The number of anilines is 1. The maximum absolute atomic E-state index is 11.3. The number of hydrogen-bond acceptors (Lipinski definition) is 4. The summed E-state index contributed by atoms with van der Waals surface area (Å²) in [6.45, 7) is 1.53. The molecule has 1 aromatic carbocycles. The minimum Gasteiger partial charge on any atom is -0.497 e. The summed E-state index contributed by atoms with van der Waals surface area (Å²) in [5, 5.41) is 1.10. The van der Waals surface area contributed by atoms with Gasteiger partial charge in [-0.25, -0.2) is 4.98 Å². The van der Waals surface area contributed by atoms with Gasteiger partial charge in [-0.3, -0.25) is 4.79 Å². The van der Waals surface area contributed by atoms with Gasteiger partial charge in [0.1, 0.15) is 17.4 Å². The molecule has 0 aliphatic carbocycles. The number of pyridine rings is 1. The number of carbonyl (C=O) groups is 1. The van der Waals surface area contributed by atoms with Gasteiger partial charge in [-0.05, 0) is 24.3 Å².